The van der Waals surface area contributed by atoms with E-state index in [-0.39, 0.29) is 0 Å². The number of benzene rings is 1. The van der Waals surface area contributed by atoms with E-state index in [1.165, 1.54) is 0 Å². The van der Waals surface area contributed by atoms with E-state index >= 15 is 0 Å². The van der Waals surface area contributed by atoms with Gasteiger partial charge < -0.3 is 5.73 Å². The van der Waals surface area contributed by atoms with Gasteiger partial charge in [-0.25, -0.2) is 0 Å². The third kappa shape index (κ3) is 1.83. The van der Waals surface area contributed by atoms with E-state index in [4.69, 9.17) is 17.3 Å². The highest BCUT2D eigenvalue weighted by molar-refractivity contribution is 6.29. The maximum Gasteiger partial charge on any atom is 0.151 e. The van der Waals surface area contributed by atoms with E-state index in [2.05, 4.69) is 10.2 Å². The molecule has 2 aromatic rings. The Balaban J connectivity index is 2.40. The summed E-state index contributed by atoms with van der Waals surface area (Å²) in [6.45, 7) is 0. The van der Waals surface area contributed by atoms with E-state index < -0.39 is 0 Å². The average Bonchev–Trinajstić information content (AvgIpc) is 2.21. The number of rotatable bonds is 1. The lowest BCUT2D eigenvalue weighted by molar-refractivity contribution is 1.04. The van der Waals surface area contributed by atoms with Crippen molar-refractivity contribution < 1.29 is 0 Å². The monoisotopic (exact) mass is 205 g/mol. The lowest BCUT2D eigenvalue weighted by Gasteiger charge is -1.99. The number of hydrogen-bond acceptors (Lipinski definition) is 3. The number of nitrogens with zero attached hydrogens (tertiary/aromatic N) is 2. The number of anilines is 1. The lowest BCUT2D eigenvalue weighted by atomic mass is 10.1. The number of nitrogens with two attached hydrogens (primary N) is 1. The van der Waals surface area contributed by atoms with Crippen LogP contribution in [0.2, 0.25) is 5.15 Å². The number of halogens is 1. The Morgan fingerprint density at radius 3 is 2.21 bits per heavy atom. The molecule has 0 fully saturated rings. The molecular weight excluding hydrogens is 198 g/mol. The van der Waals surface area contributed by atoms with E-state index in [1.807, 2.05) is 30.3 Å². The molecule has 0 atom stereocenters. The van der Waals surface area contributed by atoms with Gasteiger partial charge in [-0.3, -0.25) is 0 Å². The zero-order chi connectivity index (χ0) is 9.97. The van der Waals surface area contributed by atoms with Crippen LogP contribution in [0.15, 0.2) is 36.4 Å². The van der Waals surface area contributed by atoms with Gasteiger partial charge in [0.1, 0.15) is 0 Å². The third-order valence-electron chi connectivity index (χ3n) is 1.84. The molecule has 70 valence electrons. The highest BCUT2D eigenvalue weighted by Crippen LogP contribution is 2.18. The molecule has 0 unspecified atom stereocenters. The molecule has 0 aliphatic carbocycles. The Morgan fingerprint density at radius 2 is 1.64 bits per heavy atom. The minimum atomic E-state index is 0.393. The predicted molar refractivity (Wildman–Crippen MR) is 56.9 cm³/mol. The lowest BCUT2D eigenvalue weighted by Crippen LogP contribution is -1.88. The molecule has 0 aliphatic rings. The fourth-order valence-corrected chi connectivity index (χ4v) is 1.22. The van der Waals surface area contributed by atoms with Crippen LogP contribution >= 0.6 is 11.6 Å². The SMILES string of the molecule is Nc1ccc(-c2ccc(Cl)nn2)cc1. The van der Waals surface area contributed by atoms with Gasteiger partial charge in [-0.1, -0.05) is 23.7 Å². The molecule has 0 radical (unpaired) electrons. The minimum absolute atomic E-state index is 0.393. The first kappa shape index (κ1) is 8.97. The van der Waals surface area contributed by atoms with Crippen LogP contribution in [-0.4, -0.2) is 10.2 Å². The third-order valence-corrected chi connectivity index (χ3v) is 2.04. The van der Waals surface area contributed by atoms with Crippen LogP contribution < -0.4 is 5.73 Å². The summed E-state index contributed by atoms with van der Waals surface area (Å²) in [6, 6.07) is 11.0. The summed E-state index contributed by atoms with van der Waals surface area (Å²) in [7, 11) is 0. The standard InChI is InChI=1S/C10H8ClN3/c11-10-6-5-9(13-14-10)7-1-3-8(12)4-2-7/h1-6H,12H2. The first-order valence-corrected chi connectivity index (χ1v) is 4.48. The fourth-order valence-electron chi connectivity index (χ4n) is 1.12. The first-order valence-electron chi connectivity index (χ1n) is 4.11. The van der Waals surface area contributed by atoms with Crippen molar-refractivity contribution >= 4 is 17.3 Å². The normalized spacial score (nSPS) is 10.1. The molecule has 0 saturated carbocycles. The number of hydrogen-bond donors (Lipinski definition) is 1. The predicted octanol–water partition coefficient (Wildman–Crippen LogP) is 2.38. The molecule has 14 heavy (non-hydrogen) atoms. The second-order valence-electron chi connectivity index (χ2n) is 2.86. The Bertz CT molecular complexity index is 379. The zero-order valence-corrected chi connectivity index (χ0v) is 8.07. The fraction of sp³-hybridized carbons (Fsp3) is 0. The molecule has 2 N–H and O–H groups in total. The molecule has 0 bridgehead atoms. The van der Waals surface area contributed by atoms with Gasteiger partial charge in [0, 0.05) is 11.3 Å². The Morgan fingerprint density at radius 1 is 0.929 bits per heavy atom. The maximum absolute atomic E-state index is 5.63. The summed E-state index contributed by atoms with van der Waals surface area (Å²) in [6.07, 6.45) is 0. The van der Waals surface area contributed by atoms with Crippen molar-refractivity contribution in [1.29, 1.82) is 0 Å². The van der Waals surface area contributed by atoms with Gasteiger partial charge in [0.2, 0.25) is 0 Å². The van der Waals surface area contributed by atoms with Crippen molar-refractivity contribution in [3.8, 4) is 11.3 Å². The molecular formula is C10H8ClN3. The van der Waals surface area contributed by atoms with Gasteiger partial charge in [-0.2, -0.15) is 0 Å². The summed E-state index contributed by atoms with van der Waals surface area (Å²) >= 11 is 5.63. The van der Waals surface area contributed by atoms with Crippen LogP contribution in [0, 0.1) is 0 Å². The average molecular weight is 206 g/mol. The van der Waals surface area contributed by atoms with Crippen molar-refractivity contribution in [3.05, 3.63) is 41.6 Å². The molecule has 3 nitrogen and oxygen atoms in total. The van der Waals surface area contributed by atoms with Crippen molar-refractivity contribution in [3.63, 3.8) is 0 Å². The Labute approximate surface area is 86.5 Å². The Hall–Kier alpha value is -1.61. The summed E-state index contributed by atoms with van der Waals surface area (Å²) in [4.78, 5) is 0. The molecule has 0 amide bonds. The van der Waals surface area contributed by atoms with Gasteiger partial charge >= 0.3 is 0 Å². The second kappa shape index (κ2) is 3.64. The first-order chi connectivity index (χ1) is 6.75. The smallest absolute Gasteiger partial charge is 0.151 e. The topological polar surface area (TPSA) is 51.8 Å². The van der Waals surface area contributed by atoms with Crippen molar-refractivity contribution in [2.24, 2.45) is 0 Å². The van der Waals surface area contributed by atoms with Crippen LogP contribution in [0.5, 0.6) is 0 Å². The largest absolute Gasteiger partial charge is 0.399 e. The van der Waals surface area contributed by atoms with Crippen molar-refractivity contribution in [1.82, 2.24) is 10.2 Å². The minimum Gasteiger partial charge on any atom is -0.399 e. The molecule has 4 heteroatoms. The van der Waals surface area contributed by atoms with Gasteiger partial charge in [0.05, 0.1) is 5.69 Å². The van der Waals surface area contributed by atoms with Crippen molar-refractivity contribution in [2.45, 2.75) is 0 Å². The second-order valence-corrected chi connectivity index (χ2v) is 3.25. The Kier molecular flexibility index (Phi) is 2.33. The molecule has 1 heterocycles. The quantitative estimate of drug-likeness (QED) is 0.728. The van der Waals surface area contributed by atoms with E-state index in [9.17, 15) is 0 Å². The van der Waals surface area contributed by atoms with Crippen LogP contribution in [0.25, 0.3) is 11.3 Å². The van der Waals surface area contributed by atoms with Gasteiger partial charge in [0.25, 0.3) is 0 Å². The van der Waals surface area contributed by atoms with Gasteiger partial charge in [-0.15, -0.1) is 10.2 Å². The zero-order valence-electron chi connectivity index (χ0n) is 7.31. The van der Waals surface area contributed by atoms with E-state index in [1.54, 1.807) is 6.07 Å². The molecule has 2 rings (SSSR count). The van der Waals surface area contributed by atoms with E-state index in [0.29, 0.717) is 5.15 Å². The number of aromatic nitrogens is 2. The highest BCUT2D eigenvalue weighted by atomic mass is 35.5. The van der Waals surface area contributed by atoms with Crippen LogP contribution in [-0.2, 0) is 0 Å². The molecule has 1 aromatic heterocycles. The van der Waals surface area contributed by atoms with Gasteiger partial charge in [-0.05, 0) is 24.3 Å². The summed E-state index contributed by atoms with van der Waals surface area (Å²) in [5.41, 5.74) is 8.07. The summed E-state index contributed by atoms with van der Waals surface area (Å²) in [5.74, 6) is 0. The molecule has 0 spiro atoms. The highest BCUT2D eigenvalue weighted by Gasteiger charge is 1.99. The van der Waals surface area contributed by atoms with Gasteiger partial charge in [0.15, 0.2) is 5.15 Å². The molecule has 0 aliphatic heterocycles. The maximum atomic E-state index is 5.63. The summed E-state index contributed by atoms with van der Waals surface area (Å²) in [5, 5.41) is 8.11. The van der Waals surface area contributed by atoms with Crippen LogP contribution in [0.4, 0.5) is 5.69 Å². The molecule has 1 aromatic carbocycles. The summed E-state index contributed by atoms with van der Waals surface area (Å²) < 4.78 is 0. The number of nitrogen functional groups attached to an aromatic ring is 1. The van der Waals surface area contributed by atoms with Crippen LogP contribution in [0.3, 0.4) is 0 Å². The molecule has 0 saturated heterocycles. The van der Waals surface area contributed by atoms with Crippen LogP contribution in [0.1, 0.15) is 0 Å². The van der Waals surface area contributed by atoms with E-state index in [0.717, 1.165) is 16.9 Å². The van der Waals surface area contributed by atoms with Crippen molar-refractivity contribution in [2.75, 3.05) is 5.73 Å².